The fourth-order valence-electron chi connectivity index (χ4n) is 1.23. The molecule has 17 heavy (non-hydrogen) atoms. The number of aromatic nitrogens is 1. The van der Waals surface area contributed by atoms with Gasteiger partial charge in [0.15, 0.2) is 5.13 Å². The van der Waals surface area contributed by atoms with Crippen molar-refractivity contribution in [2.75, 3.05) is 5.32 Å². The lowest BCUT2D eigenvalue weighted by Gasteiger charge is -2.12. The highest BCUT2D eigenvalue weighted by atomic mass is 32.1. The molecule has 0 saturated heterocycles. The summed E-state index contributed by atoms with van der Waals surface area (Å²) in [7, 11) is 0. The van der Waals surface area contributed by atoms with Crippen molar-refractivity contribution in [3.8, 4) is 0 Å². The van der Waals surface area contributed by atoms with Crippen molar-refractivity contribution in [2.24, 2.45) is 0 Å². The average molecular weight is 259 g/mol. The lowest BCUT2D eigenvalue weighted by atomic mass is 10.1. The number of hydrogen-bond donors (Lipinski definition) is 2. The van der Waals surface area contributed by atoms with Gasteiger partial charge in [-0.05, 0) is 17.8 Å². The number of hydrogen-bond acceptors (Lipinski definition) is 6. The number of nitrogens with zero attached hydrogens (tertiary/aromatic N) is 2. The van der Waals surface area contributed by atoms with Crippen LogP contribution in [0.1, 0.15) is 26.2 Å². The summed E-state index contributed by atoms with van der Waals surface area (Å²) in [5.74, 6) is -0.976. The Bertz CT molecular complexity index is 407. The molecule has 1 unspecified atom stereocenters. The number of anilines is 1. The molecule has 2 N–H and O–H groups in total. The smallest absolute Gasteiger partial charge is 0.345 e. The molecular formula is C9H13N3O4S. The number of carbonyl (C=O) groups is 1. The molecule has 94 valence electrons. The van der Waals surface area contributed by atoms with Crippen LogP contribution in [0.15, 0.2) is 6.20 Å². The zero-order valence-corrected chi connectivity index (χ0v) is 10.1. The highest BCUT2D eigenvalue weighted by Gasteiger charge is 2.19. The van der Waals surface area contributed by atoms with Crippen molar-refractivity contribution >= 4 is 27.4 Å². The summed E-state index contributed by atoms with van der Waals surface area (Å²) in [5, 5.41) is 22.2. The molecule has 0 amide bonds. The lowest BCUT2D eigenvalue weighted by Crippen LogP contribution is -2.28. The minimum Gasteiger partial charge on any atom is -0.480 e. The maximum Gasteiger partial charge on any atom is 0.345 e. The Balaban J connectivity index is 2.65. The predicted octanol–water partition coefficient (Wildman–Crippen LogP) is 2.11. The summed E-state index contributed by atoms with van der Waals surface area (Å²) in [5.41, 5.74) is 0. The highest BCUT2D eigenvalue weighted by Crippen LogP contribution is 2.26. The van der Waals surface area contributed by atoms with Crippen molar-refractivity contribution in [3.05, 3.63) is 16.3 Å². The van der Waals surface area contributed by atoms with Gasteiger partial charge in [-0.2, -0.15) is 0 Å². The second-order valence-electron chi connectivity index (χ2n) is 3.44. The van der Waals surface area contributed by atoms with Crippen molar-refractivity contribution in [3.63, 3.8) is 0 Å². The van der Waals surface area contributed by atoms with Crippen LogP contribution in [0.4, 0.5) is 10.1 Å². The first kappa shape index (κ1) is 13.4. The van der Waals surface area contributed by atoms with Crippen LogP contribution in [-0.2, 0) is 4.79 Å². The quantitative estimate of drug-likeness (QED) is 0.573. The molecule has 0 radical (unpaired) electrons. The normalized spacial score (nSPS) is 12.1. The van der Waals surface area contributed by atoms with Gasteiger partial charge in [0.2, 0.25) is 0 Å². The molecule has 0 aromatic carbocycles. The summed E-state index contributed by atoms with van der Waals surface area (Å²) < 4.78 is 0. The largest absolute Gasteiger partial charge is 0.480 e. The number of unbranched alkanes of at least 4 members (excludes halogenated alkanes) is 1. The zero-order chi connectivity index (χ0) is 12.8. The van der Waals surface area contributed by atoms with Gasteiger partial charge in [-0.1, -0.05) is 19.8 Å². The number of aliphatic carboxylic acids is 1. The molecule has 0 aliphatic rings. The molecule has 1 heterocycles. The monoisotopic (exact) mass is 259 g/mol. The van der Waals surface area contributed by atoms with Crippen molar-refractivity contribution < 1.29 is 14.8 Å². The second-order valence-corrected chi connectivity index (χ2v) is 4.45. The summed E-state index contributed by atoms with van der Waals surface area (Å²) >= 11 is 0.836. The molecule has 1 atom stereocenters. The lowest BCUT2D eigenvalue weighted by molar-refractivity contribution is -0.380. The molecule has 0 aliphatic heterocycles. The van der Waals surface area contributed by atoms with Gasteiger partial charge in [0.25, 0.3) is 0 Å². The van der Waals surface area contributed by atoms with Gasteiger partial charge in [-0.25, -0.2) is 9.78 Å². The van der Waals surface area contributed by atoms with Gasteiger partial charge >= 0.3 is 11.0 Å². The highest BCUT2D eigenvalue weighted by molar-refractivity contribution is 7.18. The molecule has 1 aromatic heterocycles. The molecular weight excluding hydrogens is 246 g/mol. The van der Waals surface area contributed by atoms with E-state index in [1.165, 1.54) is 0 Å². The topological polar surface area (TPSA) is 105 Å². The van der Waals surface area contributed by atoms with Crippen LogP contribution < -0.4 is 5.32 Å². The van der Waals surface area contributed by atoms with Crippen LogP contribution in [0, 0.1) is 10.1 Å². The molecule has 0 aliphatic carbocycles. The van der Waals surface area contributed by atoms with Gasteiger partial charge < -0.3 is 10.4 Å². The van der Waals surface area contributed by atoms with Crippen LogP contribution in [0.2, 0.25) is 0 Å². The fraction of sp³-hybridized carbons (Fsp3) is 0.556. The standard InChI is InChI=1S/C9H13N3O4S/c1-2-3-4-6(8(13)14)11-9-10-5-7(17-9)12(15)16/h5-6H,2-4H2,1H3,(H,10,11)(H,13,14). The van der Waals surface area contributed by atoms with Crippen LogP contribution in [0.3, 0.4) is 0 Å². The predicted molar refractivity (Wildman–Crippen MR) is 63.3 cm³/mol. The number of carboxylic acid groups (broad SMARTS) is 1. The number of rotatable bonds is 7. The van der Waals surface area contributed by atoms with Gasteiger partial charge in [-0.15, -0.1) is 0 Å². The van der Waals surface area contributed by atoms with E-state index in [0.717, 1.165) is 30.4 Å². The van der Waals surface area contributed by atoms with E-state index in [2.05, 4.69) is 10.3 Å². The van der Waals surface area contributed by atoms with E-state index in [-0.39, 0.29) is 10.1 Å². The first-order valence-corrected chi connectivity index (χ1v) is 5.95. The molecule has 0 spiro atoms. The Hall–Kier alpha value is -1.70. The first-order chi connectivity index (χ1) is 8.04. The third kappa shape index (κ3) is 3.99. The average Bonchev–Trinajstić information content (AvgIpc) is 2.72. The molecule has 7 nitrogen and oxygen atoms in total. The van der Waals surface area contributed by atoms with Crippen LogP contribution in [-0.4, -0.2) is 27.0 Å². The minimum absolute atomic E-state index is 0.105. The summed E-state index contributed by atoms with van der Waals surface area (Å²) in [6, 6.07) is -0.749. The maximum atomic E-state index is 10.9. The van der Waals surface area contributed by atoms with E-state index >= 15 is 0 Å². The van der Waals surface area contributed by atoms with Crippen LogP contribution in [0.25, 0.3) is 0 Å². The van der Waals surface area contributed by atoms with Gasteiger partial charge in [0, 0.05) is 0 Å². The van der Waals surface area contributed by atoms with E-state index in [9.17, 15) is 14.9 Å². The molecule has 0 saturated carbocycles. The van der Waals surface area contributed by atoms with Gasteiger partial charge in [0.1, 0.15) is 12.2 Å². The third-order valence-corrected chi connectivity index (χ3v) is 3.00. The van der Waals surface area contributed by atoms with E-state index in [4.69, 9.17) is 5.11 Å². The molecule has 0 bridgehead atoms. The number of nitro groups is 1. The Kier molecular flexibility index (Phi) is 4.83. The summed E-state index contributed by atoms with van der Waals surface area (Å²) in [6.07, 6.45) is 3.26. The van der Waals surface area contributed by atoms with E-state index in [0.29, 0.717) is 6.42 Å². The second kappa shape index (κ2) is 6.14. The van der Waals surface area contributed by atoms with Crippen molar-refractivity contribution in [1.82, 2.24) is 4.98 Å². The van der Waals surface area contributed by atoms with E-state index in [1.54, 1.807) is 0 Å². The van der Waals surface area contributed by atoms with E-state index < -0.39 is 16.9 Å². The molecule has 8 heteroatoms. The van der Waals surface area contributed by atoms with Crippen molar-refractivity contribution in [1.29, 1.82) is 0 Å². The maximum absolute atomic E-state index is 10.9. The minimum atomic E-state index is -0.976. The van der Waals surface area contributed by atoms with E-state index in [1.807, 2.05) is 6.92 Å². The van der Waals surface area contributed by atoms with Crippen molar-refractivity contribution in [2.45, 2.75) is 32.2 Å². The Morgan fingerprint density at radius 1 is 1.76 bits per heavy atom. The number of carboxylic acids is 1. The molecule has 0 fully saturated rings. The molecule has 1 aromatic rings. The Morgan fingerprint density at radius 3 is 2.94 bits per heavy atom. The number of thiazole rings is 1. The Labute approximate surface area is 102 Å². The SMILES string of the molecule is CCCCC(Nc1ncc([N+](=O)[O-])s1)C(=O)O. The van der Waals surface area contributed by atoms with Gasteiger partial charge in [0.05, 0.1) is 4.92 Å². The Morgan fingerprint density at radius 2 is 2.47 bits per heavy atom. The summed E-state index contributed by atoms with van der Waals surface area (Å²) in [4.78, 5) is 24.6. The first-order valence-electron chi connectivity index (χ1n) is 5.14. The number of nitrogens with one attached hydrogen (secondary N) is 1. The van der Waals surface area contributed by atoms with Gasteiger partial charge in [-0.3, -0.25) is 10.1 Å². The fourth-order valence-corrected chi connectivity index (χ4v) is 1.92. The summed E-state index contributed by atoms with van der Waals surface area (Å²) in [6.45, 7) is 1.97. The third-order valence-electron chi connectivity index (χ3n) is 2.12. The molecule has 1 rings (SSSR count). The zero-order valence-electron chi connectivity index (χ0n) is 9.25. The van der Waals surface area contributed by atoms with Crippen LogP contribution in [0.5, 0.6) is 0 Å². The van der Waals surface area contributed by atoms with Crippen LogP contribution >= 0.6 is 11.3 Å².